The van der Waals surface area contributed by atoms with Crippen LogP contribution in [0, 0.1) is 11.6 Å². The van der Waals surface area contributed by atoms with Crippen molar-refractivity contribution in [3.8, 4) is 5.75 Å². The van der Waals surface area contributed by atoms with Crippen LogP contribution in [-0.2, 0) is 9.63 Å². The quantitative estimate of drug-likeness (QED) is 0.391. The fourth-order valence-corrected chi connectivity index (χ4v) is 5.58. The number of amides is 1. The number of carbonyl (C=O) groups is 1. The zero-order chi connectivity index (χ0) is 27.4. The zero-order valence-electron chi connectivity index (χ0n) is 21.3. The number of nitrogens with zero attached hydrogens (tertiary/aromatic N) is 4. The van der Waals surface area contributed by atoms with E-state index in [-0.39, 0.29) is 0 Å². The Balaban J connectivity index is 1.45. The number of aromatic nitrogens is 2. The summed E-state index contributed by atoms with van der Waals surface area (Å²) in [6.07, 6.45) is 4.94. The molecule has 204 valence electrons. The van der Waals surface area contributed by atoms with Gasteiger partial charge in [-0.15, -0.1) is 0 Å². The van der Waals surface area contributed by atoms with E-state index in [0.717, 1.165) is 41.9 Å². The van der Waals surface area contributed by atoms with Crippen molar-refractivity contribution in [1.82, 2.24) is 9.97 Å². The summed E-state index contributed by atoms with van der Waals surface area (Å²) in [5.41, 5.74) is 8.19. The van der Waals surface area contributed by atoms with Crippen LogP contribution in [0.2, 0.25) is 0 Å². The lowest BCUT2D eigenvalue weighted by molar-refractivity contribution is -0.113. The number of nitrogens with two attached hydrogens (primary N) is 1. The molecule has 3 aromatic rings. The number of ether oxygens (including phenoxy) is 1. The Morgan fingerprint density at radius 1 is 1.15 bits per heavy atom. The van der Waals surface area contributed by atoms with Gasteiger partial charge < -0.3 is 20.7 Å². The predicted molar refractivity (Wildman–Crippen MR) is 148 cm³/mol. The van der Waals surface area contributed by atoms with Crippen LogP contribution in [0.25, 0.3) is 6.08 Å². The maximum absolute atomic E-state index is 13.9. The molecular formula is C27H28F2N6O3S. The highest BCUT2D eigenvalue weighted by atomic mass is 32.2. The van der Waals surface area contributed by atoms with Gasteiger partial charge in [-0.2, -0.15) is 11.8 Å². The zero-order valence-corrected chi connectivity index (χ0v) is 22.1. The first-order valence-corrected chi connectivity index (χ1v) is 13.6. The molecule has 2 saturated heterocycles. The second-order valence-corrected chi connectivity index (χ2v) is 10.2. The minimum atomic E-state index is -0.651. The van der Waals surface area contributed by atoms with Crippen molar-refractivity contribution >= 4 is 46.8 Å². The molecule has 0 saturated carbocycles. The maximum atomic E-state index is 13.9. The molecule has 0 bridgehead atoms. The monoisotopic (exact) mass is 554 g/mol. The largest absolute Gasteiger partial charge is 0.494 e. The number of hydroxylamine groups is 1. The number of halogens is 2. The van der Waals surface area contributed by atoms with E-state index < -0.39 is 23.6 Å². The molecule has 9 nitrogen and oxygen atoms in total. The Labute approximate surface area is 229 Å². The van der Waals surface area contributed by atoms with Gasteiger partial charge in [-0.1, -0.05) is 0 Å². The van der Waals surface area contributed by atoms with Gasteiger partial charge in [0.25, 0.3) is 0 Å². The molecule has 1 atom stereocenters. The summed E-state index contributed by atoms with van der Waals surface area (Å²) >= 11 is 1.90. The Morgan fingerprint density at radius 3 is 2.64 bits per heavy atom. The first-order valence-electron chi connectivity index (χ1n) is 12.4. The topological polar surface area (TPSA) is 106 Å². The second-order valence-electron chi connectivity index (χ2n) is 9.00. The molecular weight excluding hydrogens is 526 g/mol. The van der Waals surface area contributed by atoms with Crippen LogP contribution in [0.4, 0.5) is 31.8 Å². The molecule has 2 aliphatic heterocycles. The van der Waals surface area contributed by atoms with Crippen LogP contribution in [0.1, 0.15) is 23.6 Å². The normalized spacial score (nSPS) is 17.6. The smallest absolute Gasteiger partial charge is 0.241 e. The molecule has 0 radical (unpaired) electrons. The van der Waals surface area contributed by atoms with Crippen LogP contribution in [-0.4, -0.2) is 54.2 Å². The Morgan fingerprint density at radius 2 is 1.92 bits per heavy atom. The third-order valence-electron chi connectivity index (χ3n) is 6.44. The number of methoxy groups -OCH3 is 1. The van der Waals surface area contributed by atoms with Gasteiger partial charge in [0.05, 0.1) is 25.4 Å². The molecule has 2 aromatic carbocycles. The number of hydrogen-bond donors (Lipinski definition) is 2. The average Bonchev–Trinajstić information content (AvgIpc) is 3.42. The van der Waals surface area contributed by atoms with Crippen molar-refractivity contribution in [3.05, 3.63) is 71.6 Å². The van der Waals surface area contributed by atoms with Gasteiger partial charge >= 0.3 is 0 Å². The van der Waals surface area contributed by atoms with Crippen molar-refractivity contribution in [2.75, 3.05) is 53.6 Å². The number of carbonyl (C=O) groups excluding carboxylic acids is 1. The third-order valence-corrected chi connectivity index (χ3v) is 7.39. The standard InChI is InChI=1S/C27H28F2N6O3S/c1-37-24-14-23(34-5-8-39-9-6-34)17(2-3-25(30)36)12-21(24)33-26-15-27(32-16-31-26)35-22(4-7-38-35)18-10-19(28)13-20(29)11-18/h2-3,10-16,22H,4-9H2,1H3,(H2,30,36)(H,31,32,33)/t22-/m1/s1. The molecule has 5 rings (SSSR count). The van der Waals surface area contributed by atoms with E-state index in [4.69, 9.17) is 15.3 Å². The highest BCUT2D eigenvalue weighted by Crippen LogP contribution is 2.38. The number of thioether (sulfide) groups is 1. The van der Waals surface area contributed by atoms with Crippen molar-refractivity contribution in [3.63, 3.8) is 0 Å². The second kappa shape index (κ2) is 11.9. The molecule has 0 spiro atoms. The van der Waals surface area contributed by atoms with Gasteiger partial charge in [-0.25, -0.2) is 23.8 Å². The lowest BCUT2D eigenvalue weighted by Gasteiger charge is -2.30. The lowest BCUT2D eigenvalue weighted by atomic mass is 10.0. The SMILES string of the molecule is COc1cc(N2CCSCC2)c(C=CC(N)=O)cc1Nc1cc(N2OCC[C@@H]2c2cc(F)cc(F)c2)ncn1. The molecule has 2 aliphatic rings. The molecule has 12 heteroatoms. The Kier molecular flexibility index (Phi) is 8.13. The molecule has 0 unspecified atom stereocenters. The number of primary amides is 1. The van der Waals surface area contributed by atoms with Crippen LogP contribution < -0.4 is 25.8 Å². The summed E-state index contributed by atoms with van der Waals surface area (Å²) in [5, 5.41) is 4.81. The van der Waals surface area contributed by atoms with Gasteiger partial charge in [0, 0.05) is 66.5 Å². The summed E-state index contributed by atoms with van der Waals surface area (Å²) < 4.78 is 33.5. The molecule has 1 aromatic heterocycles. The van der Waals surface area contributed by atoms with Crippen molar-refractivity contribution in [1.29, 1.82) is 0 Å². The minimum absolute atomic E-state index is 0.370. The minimum Gasteiger partial charge on any atom is -0.494 e. The van der Waals surface area contributed by atoms with E-state index in [2.05, 4.69) is 20.2 Å². The number of benzene rings is 2. The fourth-order valence-electron chi connectivity index (χ4n) is 4.68. The van der Waals surface area contributed by atoms with E-state index in [9.17, 15) is 13.6 Å². The van der Waals surface area contributed by atoms with E-state index in [1.165, 1.54) is 29.6 Å². The van der Waals surface area contributed by atoms with E-state index in [0.29, 0.717) is 41.7 Å². The first kappa shape index (κ1) is 26.7. The predicted octanol–water partition coefficient (Wildman–Crippen LogP) is 4.44. The number of rotatable bonds is 8. The summed E-state index contributed by atoms with van der Waals surface area (Å²) in [7, 11) is 1.58. The van der Waals surface area contributed by atoms with Gasteiger partial charge in [0.15, 0.2) is 5.82 Å². The third kappa shape index (κ3) is 6.23. The maximum Gasteiger partial charge on any atom is 0.241 e. The van der Waals surface area contributed by atoms with Crippen molar-refractivity contribution in [2.24, 2.45) is 5.73 Å². The summed E-state index contributed by atoms with van der Waals surface area (Å²) in [4.78, 5) is 28.2. The van der Waals surface area contributed by atoms with Crippen LogP contribution in [0.3, 0.4) is 0 Å². The average molecular weight is 555 g/mol. The van der Waals surface area contributed by atoms with Gasteiger partial charge in [-0.3, -0.25) is 9.63 Å². The molecule has 1 amide bonds. The van der Waals surface area contributed by atoms with Crippen molar-refractivity contribution < 1.29 is 23.1 Å². The molecule has 2 fully saturated rings. The van der Waals surface area contributed by atoms with E-state index in [1.807, 2.05) is 23.9 Å². The van der Waals surface area contributed by atoms with E-state index in [1.54, 1.807) is 19.3 Å². The number of hydrogen-bond acceptors (Lipinski definition) is 9. The van der Waals surface area contributed by atoms with Crippen LogP contribution in [0.5, 0.6) is 5.75 Å². The number of nitrogens with one attached hydrogen (secondary N) is 1. The summed E-state index contributed by atoms with van der Waals surface area (Å²) in [6.45, 7) is 2.12. The van der Waals surface area contributed by atoms with Crippen molar-refractivity contribution in [2.45, 2.75) is 12.5 Å². The first-order chi connectivity index (χ1) is 18.9. The molecule has 0 aliphatic carbocycles. The highest BCUT2D eigenvalue weighted by molar-refractivity contribution is 7.99. The molecule has 3 N–H and O–H groups in total. The van der Waals surface area contributed by atoms with Crippen LogP contribution in [0.15, 0.2) is 48.8 Å². The summed E-state index contributed by atoms with van der Waals surface area (Å²) in [6, 6.07) is 8.50. The number of anilines is 4. The molecule has 39 heavy (non-hydrogen) atoms. The van der Waals surface area contributed by atoms with Crippen LogP contribution >= 0.6 is 11.8 Å². The highest BCUT2D eigenvalue weighted by Gasteiger charge is 2.30. The Hall–Kier alpha value is -3.90. The van der Waals surface area contributed by atoms with Gasteiger partial charge in [-0.05, 0) is 29.8 Å². The Bertz CT molecular complexity index is 1370. The fraction of sp³-hybridized carbons (Fsp3) is 0.296. The van der Waals surface area contributed by atoms with Gasteiger partial charge in [0.2, 0.25) is 5.91 Å². The van der Waals surface area contributed by atoms with Gasteiger partial charge in [0.1, 0.15) is 29.5 Å². The lowest BCUT2D eigenvalue weighted by Crippen LogP contribution is -2.33. The molecule has 3 heterocycles. The summed E-state index contributed by atoms with van der Waals surface area (Å²) in [5.74, 6) is 1.63. The van der Waals surface area contributed by atoms with E-state index >= 15 is 0 Å².